The molecule has 6 heteroatoms. The Morgan fingerprint density at radius 3 is 2.76 bits per heavy atom. The van der Waals surface area contributed by atoms with Crippen molar-refractivity contribution in [2.75, 3.05) is 25.1 Å². The van der Waals surface area contributed by atoms with Crippen LogP contribution in [0.15, 0.2) is 35.2 Å². The van der Waals surface area contributed by atoms with Gasteiger partial charge in [0.05, 0.1) is 0 Å². The highest BCUT2D eigenvalue weighted by molar-refractivity contribution is 7.99. The van der Waals surface area contributed by atoms with Crippen LogP contribution in [-0.4, -0.2) is 40.1 Å². The van der Waals surface area contributed by atoms with Crippen LogP contribution in [0.4, 0.5) is 5.95 Å². The Labute approximate surface area is 153 Å². The van der Waals surface area contributed by atoms with Crippen LogP contribution in [0.1, 0.15) is 41.0 Å². The van der Waals surface area contributed by atoms with Gasteiger partial charge in [0.25, 0.3) is 5.91 Å². The fourth-order valence-electron chi connectivity index (χ4n) is 3.08. The van der Waals surface area contributed by atoms with E-state index in [9.17, 15) is 4.79 Å². The second-order valence-corrected chi connectivity index (χ2v) is 7.47. The van der Waals surface area contributed by atoms with Gasteiger partial charge in [-0.15, -0.1) is 11.8 Å². The number of carbonyl (C=O) groups excluding carboxylic acids is 1. The summed E-state index contributed by atoms with van der Waals surface area (Å²) in [5.74, 6) is 1.14. The molecule has 0 spiro atoms. The van der Waals surface area contributed by atoms with Crippen molar-refractivity contribution in [3.8, 4) is 0 Å². The van der Waals surface area contributed by atoms with E-state index in [4.69, 9.17) is 5.73 Å². The Hall–Kier alpha value is -2.08. The Kier molecular flexibility index (Phi) is 5.91. The van der Waals surface area contributed by atoms with Crippen molar-refractivity contribution < 1.29 is 4.79 Å². The highest BCUT2D eigenvalue weighted by atomic mass is 32.2. The lowest BCUT2D eigenvalue weighted by molar-refractivity contribution is 0.0788. The predicted octanol–water partition coefficient (Wildman–Crippen LogP) is 3.19. The van der Waals surface area contributed by atoms with Gasteiger partial charge in [-0.1, -0.05) is 18.2 Å². The molecule has 0 bridgehead atoms. The van der Waals surface area contributed by atoms with E-state index in [0.717, 1.165) is 49.1 Å². The SMILES string of the molecule is CN(CCCSc1ccccc1)C(=O)c1nc(N)nc2c1CCCC2. The van der Waals surface area contributed by atoms with Gasteiger partial charge in [0.2, 0.25) is 5.95 Å². The lowest BCUT2D eigenvalue weighted by atomic mass is 9.94. The maximum Gasteiger partial charge on any atom is 0.272 e. The molecule has 0 saturated carbocycles. The minimum Gasteiger partial charge on any atom is -0.368 e. The molecule has 0 saturated heterocycles. The van der Waals surface area contributed by atoms with Gasteiger partial charge < -0.3 is 10.6 Å². The summed E-state index contributed by atoms with van der Waals surface area (Å²) in [6, 6.07) is 10.3. The zero-order valence-electron chi connectivity index (χ0n) is 14.6. The van der Waals surface area contributed by atoms with Crippen LogP contribution in [0.2, 0.25) is 0 Å². The van der Waals surface area contributed by atoms with Gasteiger partial charge in [-0.25, -0.2) is 9.97 Å². The number of anilines is 1. The maximum absolute atomic E-state index is 12.8. The van der Waals surface area contributed by atoms with Crippen molar-refractivity contribution in [2.45, 2.75) is 37.0 Å². The first-order chi connectivity index (χ1) is 12.1. The third-order valence-corrected chi connectivity index (χ3v) is 5.50. The van der Waals surface area contributed by atoms with Crippen LogP contribution in [0.5, 0.6) is 0 Å². The van der Waals surface area contributed by atoms with Crippen molar-refractivity contribution in [2.24, 2.45) is 0 Å². The zero-order chi connectivity index (χ0) is 17.6. The van der Waals surface area contributed by atoms with E-state index in [1.807, 2.05) is 37.0 Å². The summed E-state index contributed by atoms with van der Waals surface area (Å²) in [7, 11) is 1.84. The molecule has 1 heterocycles. The summed E-state index contributed by atoms with van der Waals surface area (Å²) in [6.07, 6.45) is 4.88. The van der Waals surface area contributed by atoms with E-state index in [1.54, 1.807) is 4.90 Å². The number of benzene rings is 1. The van der Waals surface area contributed by atoms with Gasteiger partial charge in [0.1, 0.15) is 5.69 Å². The number of nitrogens with two attached hydrogens (primary N) is 1. The average Bonchev–Trinajstić information content (AvgIpc) is 2.64. The van der Waals surface area contributed by atoms with Crippen molar-refractivity contribution in [1.82, 2.24) is 14.9 Å². The summed E-state index contributed by atoms with van der Waals surface area (Å²) in [5.41, 5.74) is 8.26. The first kappa shape index (κ1) is 17.7. The second kappa shape index (κ2) is 8.34. The molecule has 1 aromatic heterocycles. The number of nitrogens with zero attached hydrogens (tertiary/aromatic N) is 3. The second-order valence-electron chi connectivity index (χ2n) is 6.30. The number of aromatic nitrogens is 2. The standard InChI is InChI=1S/C19H24N4OS/c1-23(12-7-13-25-14-8-3-2-4-9-14)18(24)17-15-10-5-6-11-16(15)21-19(20)22-17/h2-4,8-9H,5-7,10-13H2,1H3,(H2,20,21,22). The first-order valence-electron chi connectivity index (χ1n) is 8.73. The fourth-order valence-corrected chi connectivity index (χ4v) is 3.94. The Bertz CT molecular complexity index is 736. The topological polar surface area (TPSA) is 72.1 Å². The number of carbonyl (C=O) groups is 1. The van der Waals surface area contributed by atoms with E-state index in [1.165, 1.54) is 4.90 Å². The summed E-state index contributed by atoms with van der Waals surface area (Å²) in [5, 5.41) is 0. The normalized spacial score (nSPS) is 13.3. The number of nitrogen functional groups attached to an aromatic ring is 1. The molecule has 1 aliphatic rings. The van der Waals surface area contributed by atoms with Crippen LogP contribution in [-0.2, 0) is 12.8 Å². The van der Waals surface area contributed by atoms with E-state index in [0.29, 0.717) is 12.2 Å². The Balaban J connectivity index is 1.58. The van der Waals surface area contributed by atoms with Crippen molar-refractivity contribution in [1.29, 1.82) is 0 Å². The molecule has 2 N–H and O–H groups in total. The molecule has 2 aromatic rings. The van der Waals surface area contributed by atoms with E-state index in [2.05, 4.69) is 22.1 Å². The van der Waals surface area contributed by atoms with Gasteiger partial charge in [-0.2, -0.15) is 0 Å². The highest BCUT2D eigenvalue weighted by Gasteiger charge is 2.23. The number of rotatable bonds is 6. The third-order valence-electron chi connectivity index (χ3n) is 4.40. The number of hydrogen-bond donors (Lipinski definition) is 1. The predicted molar refractivity (Wildman–Crippen MR) is 102 cm³/mol. The van der Waals surface area contributed by atoms with Gasteiger partial charge in [0, 0.05) is 29.7 Å². The van der Waals surface area contributed by atoms with E-state index in [-0.39, 0.29) is 11.9 Å². The van der Waals surface area contributed by atoms with Gasteiger partial charge in [-0.3, -0.25) is 4.79 Å². The monoisotopic (exact) mass is 356 g/mol. The molecule has 0 aliphatic heterocycles. The number of aryl methyl sites for hydroxylation is 1. The number of fused-ring (bicyclic) bond motifs is 1. The quantitative estimate of drug-likeness (QED) is 0.636. The molecular formula is C19H24N4OS. The van der Waals surface area contributed by atoms with Crippen LogP contribution in [0, 0.1) is 0 Å². The van der Waals surface area contributed by atoms with Crippen LogP contribution < -0.4 is 5.73 Å². The zero-order valence-corrected chi connectivity index (χ0v) is 15.4. The minimum atomic E-state index is -0.0445. The van der Waals surface area contributed by atoms with Crippen molar-refractivity contribution in [3.63, 3.8) is 0 Å². The van der Waals surface area contributed by atoms with E-state index < -0.39 is 0 Å². The third kappa shape index (κ3) is 4.51. The molecule has 1 aliphatic carbocycles. The molecule has 0 unspecified atom stereocenters. The number of thioether (sulfide) groups is 1. The largest absolute Gasteiger partial charge is 0.368 e. The molecule has 0 atom stereocenters. The average molecular weight is 356 g/mol. The molecule has 0 radical (unpaired) electrons. The number of hydrogen-bond acceptors (Lipinski definition) is 5. The lowest BCUT2D eigenvalue weighted by Gasteiger charge is -2.21. The molecule has 1 aromatic carbocycles. The van der Waals surface area contributed by atoms with Gasteiger partial charge in [-0.05, 0) is 50.0 Å². The van der Waals surface area contributed by atoms with E-state index >= 15 is 0 Å². The first-order valence-corrected chi connectivity index (χ1v) is 9.72. The number of amides is 1. The van der Waals surface area contributed by atoms with Crippen LogP contribution in [0.25, 0.3) is 0 Å². The summed E-state index contributed by atoms with van der Waals surface area (Å²) >= 11 is 1.81. The van der Waals surface area contributed by atoms with Gasteiger partial charge >= 0.3 is 0 Å². The van der Waals surface area contributed by atoms with Crippen molar-refractivity contribution >= 4 is 23.6 Å². The van der Waals surface area contributed by atoms with Gasteiger partial charge in [0.15, 0.2) is 0 Å². The molecule has 132 valence electrons. The molecule has 1 amide bonds. The molecule has 0 fully saturated rings. The van der Waals surface area contributed by atoms with Crippen LogP contribution in [0.3, 0.4) is 0 Å². The fraction of sp³-hybridized carbons (Fsp3) is 0.421. The molecule has 5 nitrogen and oxygen atoms in total. The summed E-state index contributed by atoms with van der Waals surface area (Å²) in [4.78, 5) is 24.4. The molecule has 3 rings (SSSR count). The summed E-state index contributed by atoms with van der Waals surface area (Å²) < 4.78 is 0. The highest BCUT2D eigenvalue weighted by Crippen LogP contribution is 2.24. The molecular weight excluding hydrogens is 332 g/mol. The Morgan fingerprint density at radius 2 is 1.96 bits per heavy atom. The van der Waals surface area contributed by atoms with Crippen molar-refractivity contribution in [3.05, 3.63) is 47.3 Å². The smallest absolute Gasteiger partial charge is 0.272 e. The minimum absolute atomic E-state index is 0.0445. The molecule has 25 heavy (non-hydrogen) atoms. The van der Waals surface area contributed by atoms with Crippen LogP contribution >= 0.6 is 11.8 Å². The Morgan fingerprint density at radius 1 is 1.20 bits per heavy atom. The maximum atomic E-state index is 12.8. The lowest BCUT2D eigenvalue weighted by Crippen LogP contribution is -2.31. The summed E-state index contributed by atoms with van der Waals surface area (Å²) in [6.45, 7) is 0.706.